The van der Waals surface area contributed by atoms with Crippen LogP contribution in [-0.2, 0) is 5.41 Å². The molecule has 3 heterocycles. The zero-order chi connectivity index (χ0) is 30.2. The number of nitrogens with zero attached hydrogens (tertiary/aromatic N) is 5. The maximum Gasteiger partial charge on any atom is 0.164 e. The molecule has 0 saturated carbocycles. The smallest absolute Gasteiger partial charge is 0.164 e. The van der Waals surface area contributed by atoms with Crippen molar-refractivity contribution in [1.29, 1.82) is 0 Å². The molecule has 1 aliphatic carbocycles. The summed E-state index contributed by atoms with van der Waals surface area (Å²) in [7, 11) is 0. The van der Waals surface area contributed by atoms with Crippen molar-refractivity contribution in [3.8, 4) is 51.0 Å². The zero-order valence-corrected chi connectivity index (χ0v) is 24.7. The summed E-state index contributed by atoms with van der Waals surface area (Å²) in [6.45, 7) is 0. The van der Waals surface area contributed by atoms with Crippen LogP contribution in [0.15, 0.2) is 152 Å². The Labute approximate surface area is 265 Å². The molecular weight excluding hydrogens is 562 g/mol. The Morgan fingerprint density at radius 1 is 0.413 bits per heavy atom. The highest BCUT2D eigenvalue weighted by Gasteiger charge is 2.54. The van der Waals surface area contributed by atoms with Gasteiger partial charge in [-0.2, -0.15) is 0 Å². The molecule has 0 atom stereocenters. The first-order valence-corrected chi connectivity index (χ1v) is 15.5. The number of fused-ring (bicyclic) bond motifs is 12. The second kappa shape index (κ2) is 9.40. The predicted octanol–water partition coefficient (Wildman–Crippen LogP) is 8.89. The first-order valence-electron chi connectivity index (χ1n) is 15.5. The van der Waals surface area contributed by atoms with E-state index in [0.29, 0.717) is 17.5 Å². The van der Waals surface area contributed by atoms with Crippen molar-refractivity contribution in [3.05, 3.63) is 174 Å². The monoisotopic (exact) mass is 587 g/mol. The van der Waals surface area contributed by atoms with Gasteiger partial charge < -0.3 is 0 Å². The molecule has 214 valence electrons. The fourth-order valence-electron chi connectivity index (χ4n) is 7.52. The first kappa shape index (κ1) is 25.2. The summed E-state index contributed by atoms with van der Waals surface area (Å²) in [5, 5.41) is 0. The molecule has 6 aromatic carbocycles. The number of hydrogen-bond acceptors (Lipinski definition) is 4. The van der Waals surface area contributed by atoms with Crippen molar-refractivity contribution in [2.45, 2.75) is 5.41 Å². The van der Waals surface area contributed by atoms with Crippen molar-refractivity contribution in [1.82, 2.24) is 24.5 Å². The lowest BCUT2D eigenvalue weighted by Crippen LogP contribution is -2.27. The number of rotatable bonds is 3. The van der Waals surface area contributed by atoms with Crippen LogP contribution in [0.1, 0.15) is 22.5 Å². The van der Waals surface area contributed by atoms with Crippen molar-refractivity contribution >= 4 is 11.0 Å². The Morgan fingerprint density at radius 3 is 1.52 bits per heavy atom. The summed E-state index contributed by atoms with van der Waals surface area (Å²) >= 11 is 0. The third kappa shape index (κ3) is 3.34. The molecule has 5 heteroatoms. The van der Waals surface area contributed by atoms with Gasteiger partial charge in [0.2, 0.25) is 0 Å². The molecule has 2 aromatic heterocycles. The van der Waals surface area contributed by atoms with Gasteiger partial charge in [-0.1, -0.05) is 127 Å². The zero-order valence-electron chi connectivity index (χ0n) is 24.7. The molecule has 0 unspecified atom stereocenters. The molecule has 0 amide bonds. The van der Waals surface area contributed by atoms with E-state index in [9.17, 15) is 0 Å². The fraction of sp³-hybridized carbons (Fsp3) is 0.0244. The quantitative estimate of drug-likeness (QED) is 0.207. The van der Waals surface area contributed by atoms with Gasteiger partial charge in [0.1, 0.15) is 11.2 Å². The van der Waals surface area contributed by atoms with Gasteiger partial charge in [-0.05, 0) is 52.1 Å². The molecule has 5 nitrogen and oxygen atoms in total. The van der Waals surface area contributed by atoms with E-state index in [1.54, 1.807) is 0 Å². The van der Waals surface area contributed by atoms with Crippen LogP contribution in [0, 0.1) is 0 Å². The molecule has 1 spiro atoms. The number of aromatic nitrogens is 5. The maximum absolute atomic E-state index is 5.48. The predicted molar refractivity (Wildman–Crippen MR) is 182 cm³/mol. The molecule has 0 N–H and O–H groups in total. The van der Waals surface area contributed by atoms with Crippen LogP contribution < -0.4 is 0 Å². The van der Waals surface area contributed by atoms with Crippen molar-refractivity contribution in [2.24, 2.45) is 0 Å². The van der Waals surface area contributed by atoms with Crippen molar-refractivity contribution < 1.29 is 0 Å². The van der Waals surface area contributed by atoms with Gasteiger partial charge >= 0.3 is 0 Å². The Morgan fingerprint density at radius 2 is 0.913 bits per heavy atom. The highest BCUT2D eigenvalue weighted by molar-refractivity contribution is 5.92. The third-order valence-electron chi connectivity index (χ3n) is 9.45. The van der Waals surface area contributed by atoms with Crippen LogP contribution in [0.5, 0.6) is 0 Å². The van der Waals surface area contributed by atoms with Crippen LogP contribution in [-0.4, -0.2) is 24.5 Å². The van der Waals surface area contributed by atoms with E-state index in [4.69, 9.17) is 19.9 Å². The van der Waals surface area contributed by atoms with Gasteiger partial charge in [-0.15, -0.1) is 0 Å². The van der Waals surface area contributed by atoms with Gasteiger partial charge in [0.05, 0.1) is 16.7 Å². The summed E-state index contributed by atoms with van der Waals surface area (Å²) < 4.78 is 2.35. The van der Waals surface area contributed by atoms with E-state index in [2.05, 4.69) is 95.6 Å². The molecule has 1 aliphatic heterocycles. The average molecular weight is 588 g/mol. The highest BCUT2D eigenvalue weighted by Crippen LogP contribution is 2.60. The summed E-state index contributed by atoms with van der Waals surface area (Å²) in [5.74, 6) is 2.92. The lowest BCUT2D eigenvalue weighted by Gasteiger charge is -2.27. The molecule has 0 bridgehead atoms. The van der Waals surface area contributed by atoms with Gasteiger partial charge in [-0.25, -0.2) is 19.9 Å². The minimum absolute atomic E-state index is 0.503. The molecular formula is C41H25N5. The summed E-state index contributed by atoms with van der Waals surface area (Å²) in [6.07, 6.45) is 0. The molecule has 0 saturated heterocycles. The van der Waals surface area contributed by atoms with E-state index in [0.717, 1.165) is 39.2 Å². The normalized spacial score (nSPS) is 13.4. The van der Waals surface area contributed by atoms with Crippen molar-refractivity contribution in [2.75, 3.05) is 0 Å². The Bertz CT molecular complexity index is 2380. The van der Waals surface area contributed by atoms with E-state index in [1.807, 2.05) is 60.7 Å². The SMILES string of the molecule is c1ccc(-c2nc(-c3ccccc3)nc(-c3ccc4c(c3)nc3n4-c4ccccc4C34c3ccccc3-c3ccccc34)n2)cc1. The lowest BCUT2D eigenvalue weighted by molar-refractivity contribution is 0.738. The first-order chi connectivity index (χ1) is 22.8. The Kier molecular flexibility index (Phi) is 5.14. The molecule has 10 rings (SSSR count). The molecule has 2 aliphatic rings. The van der Waals surface area contributed by atoms with E-state index in [1.165, 1.54) is 27.8 Å². The maximum atomic E-state index is 5.48. The van der Waals surface area contributed by atoms with E-state index in [-0.39, 0.29) is 0 Å². The standard InChI is InChI=1S/C41H25N5/c1-3-13-26(14-4-1)37-43-38(27-15-5-2-6-16-27)45-39(44-37)28-23-24-36-34(25-28)42-40-41(33-21-11-12-22-35(33)46(36)40)31-19-9-7-17-29(31)30-18-8-10-20-32(30)41/h1-25H. The Balaban J connectivity index is 1.22. The summed E-state index contributed by atoms with van der Waals surface area (Å²) in [5.41, 5.74) is 11.8. The lowest BCUT2D eigenvalue weighted by atomic mass is 9.73. The minimum Gasteiger partial charge on any atom is -0.295 e. The number of para-hydroxylation sites is 1. The molecule has 0 radical (unpaired) electrons. The Hall–Kier alpha value is -6.20. The molecule has 8 aromatic rings. The van der Waals surface area contributed by atoms with E-state index < -0.39 is 5.41 Å². The fourth-order valence-corrected chi connectivity index (χ4v) is 7.52. The van der Waals surface area contributed by atoms with Gasteiger partial charge in [0.25, 0.3) is 0 Å². The minimum atomic E-state index is -0.503. The number of imidazole rings is 1. The average Bonchev–Trinajstić information content (AvgIpc) is 3.75. The number of hydrogen-bond donors (Lipinski definition) is 0. The summed E-state index contributed by atoms with van der Waals surface area (Å²) in [4.78, 5) is 20.3. The van der Waals surface area contributed by atoms with Crippen LogP contribution in [0.25, 0.3) is 62.0 Å². The van der Waals surface area contributed by atoms with Crippen LogP contribution in [0.2, 0.25) is 0 Å². The number of benzene rings is 6. The van der Waals surface area contributed by atoms with Crippen molar-refractivity contribution in [3.63, 3.8) is 0 Å². The van der Waals surface area contributed by atoms with Gasteiger partial charge in [0.15, 0.2) is 17.5 Å². The molecule has 46 heavy (non-hydrogen) atoms. The van der Waals surface area contributed by atoms with Crippen LogP contribution >= 0.6 is 0 Å². The topological polar surface area (TPSA) is 56.5 Å². The largest absolute Gasteiger partial charge is 0.295 e. The van der Waals surface area contributed by atoms with Crippen LogP contribution in [0.4, 0.5) is 0 Å². The third-order valence-corrected chi connectivity index (χ3v) is 9.45. The summed E-state index contributed by atoms with van der Waals surface area (Å²) in [6, 6.07) is 52.9. The van der Waals surface area contributed by atoms with Gasteiger partial charge in [0, 0.05) is 16.7 Å². The van der Waals surface area contributed by atoms with Crippen LogP contribution in [0.3, 0.4) is 0 Å². The highest BCUT2D eigenvalue weighted by atomic mass is 15.1. The second-order valence-corrected chi connectivity index (χ2v) is 11.9. The van der Waals surface area contributed by atoms with E-state index >= 15 is 0 Å². The second-order valence-electron chi connectivity index (χ2n) is 11.9. The molecule has 0 fully saturated rings. The van der Waals surface area contributed by atoms with Gasteiger partial charge in [-0.3, -0.25) is 4.57 Å².